The number of nitro benzene ring substituents is 1. The Balaban J connectivity index is 2.45. The van der Waals surface area contributed by atoms with Crippen LogP contribution in [-0.4, -0.2) is 18.1 Å². The molecule has 0 bridgehead atoms. The van der Waals surface area contributed by atoms with E-state index in [-0.39, 0.29) is 5.69 Å². The van der Waals surface area contributed by atoms with Crippen LogP contribution in [0.2, 0.25) is 0 Å². The first-order valence-corrected chi connectivity index (χ1v) is 9.03. The lowest BCUT2D eigenvalue weighted by atomic mass is 10.0. The van der Waals surface area contributed by atoms with Gasteiger partial charge in [0.1, 0.15) is 0 Å². The van der Waals surface area contributed by atoms with E-state index < -0.39 is 4.92 Å². The third-order valence-electron chi connectivity index (χ3n) is 3.44. The highest BCUT2D eigenvalue weighted by molar-refractivity contribution is 14.1. The van der Waals surface area contributed by atoms with Crippen molar-refractivity contribution in [2.75, 3.05) is 13.2 Å². The van der Waals surface area contributed by atoms with E-state index in [0.29, 0.717) is 35.8 Å². The third-order valence-corrected chi connectivity index (χ3v) is 4.24. The molecule has 6 nitrogen and oxygen atoms in total. The summed E-state index contributed by atoms with van der Waals surface area (Å²) >= 11 is 2.17. The molecule has 0 amide bonds. The Kier molecular flexibility index (Phi) is 6.97. The first-order valence-electron chi connectivity index (χ1n) is 7.95. The zero-order valence-corrected chi connectivity index (χ0v) is 16.5. The molecule has 0 aliphatic carbocycles. The van der Waals surface area contributed by atoms with E-state index in [2.05, 4.69) is 28.7 Å². The van der Waals surface area contributed by atoms with Crippen LogP contribution in [0.25, 0.3) is 11.6 Å². The van der Waals surface area contributed by atoms with Gasteiger partial charge in [-0.3, -0.25) is 10.1 Å². The lowest BCUT2D eigenvalue weighted by Crippen LogP contribution is -2.00. The predicted octanol–water partition coefficient (Wildman–Crippen LogP) is 5.06. The van der Waals surface area contributed by atoms with Gasteiger partial charge in [0, 0.05) is 12.1 Å². The number of nitro groups is 1. The normalized spacial score (nSPS) is 10.9. The summed E-state index contributed by atoms with van der Waals surface area (Å²) in [6.45, 7) is 4.82. The molecular weight excluding hydrogens is 447 g/mol. The van der Waals surface area contributed by atoms with Gasteiger partial charge < -0.3 is 9.47 Å². The number of non-ortho nitro benzene ring substituents is 1. The number of nitrogens with zero attached hydrogens (tertiary/aromatic N) is 2. The van der Waals surface area contributed by atoms with Crippen molar-refractivity contribution in [1.29, 1.82) is 5.26 Å². The average Bonchev–Trinajstić information content (AvgIpc) is 2.63. The first kappa shape index (κ1) is 19.7. The van der Waals surface area contributed by atoms with Crippen LogP contribution < -0.4 is 9.47 Å². The fourth-order valence-electron chi connectivity index (χ4n) is 2.33. The highest BCUT2D eigenvalue weighted by atomic mass is 127. The standard InChI is InChI=1S/C19H17IN2O4/c1-3-25-18-11-13(10-17(20)19(18)26-4-2)9-15(12-21)14-5-7-16(8-6-14)22(23)24/h5-11H,3-4H2,1-2H3/b15-9-. The number of rotatable bonds is 7. The monoisotopic (exact) mass is 464 g/mol. The zero-order valence-electron chi connectivity index (χ0n) is 14.4. The second-order valence-electron chi connectivity index (χ2n) is 5.17. The zero-order chi connectivity index (χ0) is 19.1. The van der Waals surface area contributed by atoms with Crippen molar-refractivity contribution in [2.24, 2.45) is 0 Å². The van der Waals surface area contributed by atoms with Gasteiger partial charge in [0.25, 0.3) is 5.69 Å². The number of ether oxygens (including phenoxy) is 2. The molecule has 0 fully saturated rings. The number of allylic oxidation sites excluding steroid dienone is 1. The molecule has 0 aromatic heterocycles. The smallest absolute Gasteiger partial charge is 0.269 e. The number of hydrogen-bond donors (Lipinski definition) is 0. The van der Waals surface area contributed by atoms with E-state index in [1.54, 1.807) is 18.2 Å². The van der Waals surface area contributed by atoms with Crippen LogP contribution in [0.15, 0.2) is 36.4 Å². The van der Waals surface area contributed by atoms with Crippen LogP contribution in [0, 0.1) is 25.0 Å². The summed E-state index contributed by atoms with van der Waals surface area (Å²) in [5.74, 6) is 1.30. The Morgan fingerprint density at radius 2 is 1.88 bits per heavy atom. The third kappa shape index (κ3) is 4.73. The van der Waals surface area contributed by atoms with Crippen LogP contribution in [0.3, 0.4) is 0 Å². The predicted molar refractivity (Wildman–Crippen MR) is 108 cm³/mol. The summed E-state index contributed by atoms with van der Waals surface area (Å²) in [5.41, 5.74) is 1.79. The molecule has 7 heteroatoms. The fraction of sp³-hybridized carbons (Fsp3) is 0.211. The SMILES string of the molecule is CCOc1cc(/C=C(/C#N)c2ccc([N+](=O)[O-])cc2)cc(I)c1OCC. The highest BCUT2D eigenvalue weighted by Crippen LogP contribution is 2.35. The summed E-state index contributed by atoms with van der Waals surface area (Å²) in [4.78, 5) is 10.3. The van der Waals surface area contributed by atoms with Gasteiger partial charge in [-0.2, -0.15) is 5.26 Å². The van der Waals surface area contributed by atoms with E-state index >= 15 is 0 Å². The number of nitriles is 1. The molecule has 0 aliphatic heterocycles. The van der Waals surface area contributed by atoms with Crippen LogP contribution in [0.5, 0.6) is 11.5 Å². The van der Waals surface area contributed by atoms with Crippen LogP contribution in [0.4, 0.5) is 5.69 Å². The van der Waals surface area contributed by atoms with Crippen molar-refractivity contribution in [2.45, 2.75) is 13.8 Å². The van der Waals surface area contributed by atoms with Gasteiger partial charge in [0.15, 0.2) is 11.5 Å². The molecule has 2 aromatic carbocycles. The summed E-state index contributed by atoms with van der Waals surface area (Å²) in [7, 11) is 0. The first-order chi connectivity index (χ1) is 12.5. The van der Waals surface area contributed by atoms with Gasteiger partial charge in [-0.05, 0) is 77.9 Å². The van der Waals surface area contributed by atoms with Crippen LogP contribution in [0.1, 0.15) is 25.0 Å². The van der Waals surface area contributed by atoms with Crippen molar-refractivity contribution in [1.82, 2.24) is 0 Å². The summed E-state index contributed by atoms with van der Waals surface area (Å²) in [5, 5.41) is 20.3. The van der Waals surface area contributed by atoms with E-state index in [4.69, 9.17) is 9.47 Å². The Labute approximate surface area is 165 Å². The van der Waals surface area contributed by atoms with E-state index in [1.165, 1.54) is 12.1 Å². The minimum atomic E-state index is -0.470. The van der Waals surface area contributed by atoms with Crippen molar-refractivity contribution >= 4 is 39.9 Å². The molecular formula is C19H17IN2O4. The molecule has 0 atom stereocenters. The lowest BCUT2D eigenvalue weighted by Gasteiger charge is -2.13. The van der Waals surface area contributed by atoms with E-state index in [0.717, 1.165) is 9.13 Å². The molecule has 0 saturated carbocycles. The van der Waals surface area contributed by atoms with Gasteiger partial charge in [0.2, 0.25) is 0 Å². The lowest BCUT2D eigenvalue weighted by molar-refractivity contribution is -0.384. The molecule has 0 saturated heterocycles. The average molecular weight is 464 g/mol. The largest absolute Gasteiger partial charge is 0.490 e. The second kappa shape index (κ2) is 9.20. The maximum atomic E-state index is 10.8. The molecule has 0 spiro atoms. The molecule has 134 valence electrons. The molecule has 0 unspecified atom stereocenters. The van der Waals surface area contributed by atoms with Gasteiger partial charge in [-0.15, -0.1) is 0 Å². The molecule has 0 heterocycles. The quantitative estimate of drug-likeness (QED) is 0.188. The fourth-order valence-corrected chi connectivity index (χ4v) is 3.11. The second-order valence-corrected chi connectivity index (χ2v) is 6.33. The molecule has 0 N–H and O–H groups in total. The Morgan fingerprint density at radius 3 is 2.42 bits per heavy atom. The topological polar surface area (TPSA) is 85.4 Å². The van der Waals surface area contributed by atoms with Crippen molar-refractivity contribution in [3.63, 3.8) is 0 Å². The summed E-state index contributed by atoms with van der Waals surface area (Å²) in [6.07, 6.45) is 1.72. The Bertz CT molecular complexity index is 870. The van der Waals surface area contributed by atoms with E-state index in [9.17, 15) is 15.4 Å². The van der Waals surface area contributed by atoms with Crippen molar-refractivity contribution < 1.29 is 14.4 Å². The Morgan fingerprint density at radius 1 is 1.23 bits per heavy atom. The number of hydrogen-bond acceptors (Lipinski definition) is 5. The molecule has 2 rings (SSSR count). The summed E-state index contributed by atoms with van der Waals surface area (Å²) in [6, 6.07) is 11.8. The summed E-state index contributed by atoms with van der Waals surface area (Å²) < 4.78 is 12.2. The maximum absolute atomic E-state index is 10.8. The van der Waals surface area contributed by atoms with Crippen molar-refractivity contribution in [3.05, 3.63) is 61.2 Å². The van der Waals surface area contributed by atoms with Crippen LogP contribution >= 0.6 is 22.6 Å². The maximum Gasteiger partial charge on any atom is 0.269 e. The molecule has 2 aromatic rings. The van der Waals surface area contributed by atoms with Crippen LogP contribution in [-0.2, 0) is 0 Å². The molecule has 0 radical (unpaired) electrons. The van der Waals surface area contributed by atoms with Gasteiger partial charge in [-0.1, -0.05) is 0 Å². The number of benzene rings is 2. The van der Waals surface area contributed by atoms with E-state index in [1.807, 2.05) is 26.0 Å². The minimum absolute atomic E-state index is 0.0136. The van der Waals surface area contributed by atoms with Gasteiger partial charge >= 0.3 is 0 Å². The van der Waals surface area contributed by atoms with Gasteiger partial charge in [-0.25, -0.2) is 0 Å². The van der Waals surface area contributed by atoms with Gasteiger partial charge in [0.05, 0.1) is 33.3 Å². The number of halogens is 1. The molecule has 26 heavy (non-hydrogen) atoms. The van der Waals surface area contributed by atoms with Crippen molar-refractivity contribution in [3.8, 4) is 17.6 Å². The molecule has 0 aliphatic rings. The Hall–Kier alpha value is -2.60. The highest BCUT2D eigenvalue weighted by Gasteiger charge is 2.12. The minimum Gasteiger partial charge on any atom is -0.490 e.